The van der Waals surface area contributed by atoms with Gasteiger partial charge in [0.2, 0.25) is 5.91 Å². The lowest BCUT2D eigenvalue weighted by atomic mass is 9.77. The van der Waals surface area contributed by atoms with Gasteiger partial charge in [0.25, 0.3) is 0 Å². The molecule has 0 spiro atoms. The number of allylic oxidation sites excluding steroid dienone is 2. The van der Waals surface area contributed by atoms with Crippen LogP contribution in [0.1, 0.15) is 46.5 Å². The number of amides is 1. The number of hydrogen-bond donors (Lipinski definition) is 1. The summed E-state index contributed by atoms with van der Waals surface area (Å²) in [7, 11) is 1.87. The van der Waals surface area contributed by atoms with Crippen LogP contribution in [0, 0.1) is 17.8 Å². The maximum Gasteiger partial charge on any atom is 0.232 e. The number of hydrazone groups is 1. The van der Waals surface area contributed by atoms with Crippen LogP contribution in [0.25, 0.3) is 0 Å². The molecule has 0 bridgehead atoms. The molecule has 2 N–H and O–H groups in total. The lowest BCUT2D eigenvalue weighted by Gasteiger charge is -2.34. The van der Waals surface area contributed by atoms with Crippen LogP contribution >= 0.6 is 0 Å². The minimum atomic E-state index is -0.515. The van der Waals surface area contributed by atoms with Crippen LogP contribution in [-0.2, 0) is 4.79 Å². The summed E-state index contributed by atoms with van der Waals surface area (Å²) in [6.07, 6.45) is 8.20. The average molecular weight is 304 g/mol. The van der Waals surface area contributed by atoms with E-state index in [4.69, 9.17) is 10.7 Å². The van der Waals surface area contributed by atoms with Gasteiger partial charge in [-0.15, -0.1) is 0 Å². The standard InChI is InChI=1S/C17H28N4O/c1-5-12-9-11(3)7-8-14(12)20-16-13(17(18)22)10-19-21(4)15(16)6-2/h6,10-14H,5,7-9H2,1-4H3,(H2,18,22)/b15-6-,20-16?. The molecule has 1 aliphatic heterocycles. The first-order valence-corrected chi connectivity index (χ1v) is 8.29. The Bertz CT molecular complexity index is 509. The van der Waals surface area contributed by atoms with Crippen LogP contribution in [0.5, 0.6) is 0 Å². The van der Waals surface area contributed by atoms with Crippen LogP contribution < -0.4 is 5.73 Å². The van der Waals surface area contributed by atoms with Gasteiger partial charge in [0.1, 0.15) is 5.92 Å². The van der Waals surface area contributed by atoms with E-state index in [2.05, 4.69) is 18.9 Å². The van der Waals surface area contributed by atoms with E-state index in [9.17, 15) is 4.79 Å². The summed E-state index contributed by atoms with van der Waals surface area (Å²) >= 11 is 0. The summed E-state index contributed by atoms with van der Waals surface area (Å²) in [5.41, 5.74) is 7.23. The Kier molecular flexibility index (Phi) is 5.37. The first-order chi connectivity index (χ1) is 10.5. The van der Waals surface area contributed by atoms with E-state index in [0.717, 1.165) is 30.2 Å². The molecule has 0 aromatic rings. The fraction of sp³-hybridized carbons (Fsp3) is 0.706. The molecular formula is C17H28N4O. The molecular weight excluding hydrogens is 276 g/mol. The van der Waals surface area contributed by atoms with E-state index >= 15 is 0 Å². The number of hydrogen-bond acceptors (Lipinski definition) is 4. The monoisotopic (exact) mass is 304 g/mol. The molecule has 122 valence electrons. The third-order valence-electron chi connectivity index (χ3n) is 4.91. The number of nitrogens with zero attached hydrogens (tertiary/aromatic N) is 3. The van der Waals surface area contributed by atoms with E-state index in [0.29, 0.717) is 5.92 Å². The number of nitrogens with two attached hydrogens (primary N) is 1. The van der Waals surface area contributed by atoms with Gasteiger partial charge in [-0.2, -0.15) is 5.10 Å². The average Bonchev–Trinajstić information content (AvgIpc) is 2.49. The number of carbonyl (C=O) groups excluding carboxylic acids is 1. The molecule has 22 heavy (non-hydrogen) atoms. The lowest BCUT2D eigenvalue weighted by Crippen LogP contribution is -2.41. The van der Waals surface area contributed by atoms with Gasteiger partial charge < -0.3 is 5.73 Å². The van der Waals surface area contributed by atoms with Gasteiger partial charge in [-0.1, -0.05) is 26.3 Å². The summed E-state index contributed by atoms with van der Waals surface area (Å²) < 4.78 is 0. The van der Waals surface area contributed by atoms with Gasteiger partial charge in [0.15, 0.2) is 0 Å². The zero-order chi connectivity index (χ0) is 16.3. The second kappa shape index (κ2) is 7.07. The Labute approximate surface area is 133 Å². The smallest absolute Gasteiger partial charge is 0.232 e. The Morgan fingerprint density at radius 3 is 2.86 bits per heavy atom. The Morgan fingerprint density at radius 2 is 2.27 bits per heavy atom. The van der Waals surface area contributed by atoms with E-state index in [-0.39, 0.29) is 11.9 Å². The molecule has 1 saturated carbocycles. The molecule has 0 aromatic heterocycles. The fourth-order valence-corrected chi connectivity index (χ4v) is 3.58. The van der Waals surface area contributed by atoms with Crippen molar-refractivity contribution in [1.82, 2.24) is 5.01 Å². The molecule has 2 aliphatic rings. The Hall–Kier alpha value is -1.65. The van der Waals surface area contributed by atoms with Crippen molar-refractivity contribution in [2.75, 3.05) is 7.05 Å². The topological polar surface area (TPSA) is 71.0 Å². The summed E-state index contributed by atoms with van der Waals surface area (Å²) in [6, 6.07) is 0.285. The van der Waals surface area contributed by atoms with Gasteiger partial charge in [0, 0.05) is 13.3 Å². The highest BCUT2D eigenvalue weighted by molar-refractivity contribution is 6.22. The minimum Gasteiger partial charge on any atom is -0.369 e. The quantitative estimate of drug-likeness (QED) is 0.870. The third kappa shape index (κ3) is 3.39. The zero-order valence-corrected chi connectivity index (χ0v) is 14.1. The highest BCUT2D eigenvalue weighted by Gasteiger charge is 2.33. The van der Waals surface area contributed by atoms with Crippen LogP contribution in [0.15, 0.2) is 21.9 Å². The highest BCUT2D eigenvalue weighted by atomic mass is 16.1. The second-order valence-electron chi connectivity index (χ2n) is 6.51. The van der Waals surface area contributed by atoms with Crippen LogP contribution in [-0.4, -0.2) is 35.9 Å². The number of primary amides is 1. The Morgan fingerprint density at radius 1 is 1.55 bits per heavy atom. The molecule has 5 heteroatoms. The minimum absolute atomic E-state index is 0.285. The van der Waals surface area contributed by atoms with Gasteiger partial charge in [-0.25, -0.2) is 0 Å². The van der Waals surface area contributed by atoms with Crippen molar-refractivity contribution in [3.63, 3.8) is 0 Å². The van der Waals surface area contributed by atoms with E-state index in [1.54, 1.807) is 11.2 Å². The normalized spacial score (nSPS) is 36.1. The molecule has 0 aromatic carbocycles. The highest BCUT2D eigenvalue weighted by Crippen LogP contribution is 2.34. The molecule has 1 aliphatic carbocycles. The summed E-state index contributed by atoms with van der Waals surface area (Å²) in [5.74, 6) is 0.462. The van der Waals surface area contributed by atoms with Crippen LogP contribution in [0.4, 0.5) is 0 Å². The van der Waals surface area contributed by atoms with Gasteiger partial charge >= 0.3 is 0 Å². The first-order valence-electron chi connectivity index (χ1n) is 8.29. The summed E-state index contributed by atoms with van der Waals surface area (Å²) in [6.45, 7) is 6.49. The van der Waals surface area contributed by atoms with Crippen LogP contribution in [0.3, 0.4) is 0 Å². The summed E-state index contributed by atoms with van der Waals surface area (Å²) in [5, 5.41) is 6.01. The largest absolute Gasteiger partial charge is 0.369 e. The third-order valence-corrected chi connectivity index (χ3v) is 4.91. The van der Waals surface area contributed by atoms with Crippen molar-refractivity contribution >= 4 is 17.8 Å². The van der Waals surface area contributed by atoms with E-state index in [1.807, 2.05) is 20.0 Å². The molecule has 1 fully saturated rings. The van der Waals surface area contributed by atoms with Crippen molar-refractivity contribution in [2.45, 2.75) is 52.5 Å². The molecule has 2 rings (SSSR count). The molecule has 0 radical (unpaired) electrons. The molecule has 0 saturated heterocycles. The van der Waals surface area contributed by atoms with Gasteiger partial charge in [0.05, 0.1) is 17.5 Å². The van der Waals surface area contributed by atoms with Gasteiger partial charge in [-0.3, -0.25) is 14.8 Å². The van der Waals surface area contributed by atoms with Crippen molar-refractivity contribution < 1.29 is 4.79 Å². The van der Waals surface area contributed by atoms with Crippen molar-refractivity contribution in [3.8, 4) is 0 Å². The molecule has 4 atom stereocenters. The van der Waals surface area contributed by atoms with E-state index < -0.39 is 5.92 Å². The second-order valence-corrected chi connectivity index (χ2v) is 6.51. The predicted molar refractivity (Wildman–Crippen MR) is 90.7 cm³/mol. The molecule has 4 unspecified atom stereocenters. The molecule has 1 heterocycles. The first kappa shape index (κ1) is 16.7. The number of carbonyl (C=O) groups is 1. The lowest BCUT2D eigenvalue weighted by molar-refractivity contribution is -0.118. The molecule has 1 amide bonds. The number of aliphatic imine (C=N–C) groups is 1. The SMILES string of the molecule is C/C=C1/C(=NC2CCC(C)CC2CC)C(C(N)=O)C=NN1C. The zero-order valence-electron chi connectivity index (χ0n) is 14.1. The predicted octanol–water partition coefficient (Wildman–Crippen LogP) is 2.58. The summed E-state index contributed by atoms with van der Waals surface area (Å²) in [4.78, 5) is 16.8. The van der Waals surface area contributed by atoms with Gasteiger partial charge in [-0.05, 0) is 38.0 Å². The van der Waals surface area contributed by atoms with Crippen molar-refractivity contribution in [3.05, 3.63) is 11.8 Å². The van der Waals surface area contributed by atoms with Crippen molar-refractivity contribution in [1.29, 1.82) is 0 Å². The van der Waals surface area contributed by atoms with Crippen LogP contribution in [0.2, 0.25) is 0 Å². The van der Waals surface area contributed by atoms with E-state index in [1.165, 1.54) is 12.8 Å². The molecule has 5 nitrogen and oxygen atoms in total. The Balaban J connectivity index is 2.36. The maximum absolute atomic E-state index is 11.8. The number of rotatable bonds is 3. The fourth-order valence-electron chi connectivity index (χ4n) is 3.58. The maximum atomic E-state index is 11.8. The van der Waals surface area contributed by atoms with Crippen molar-refractivity contribution in [2.24, 2.45) is 33.6 Å².